The molecule has 1 N–H and O–H groups in total. The highest BCUT2D eigenvalue weighted by atomic mass is 35.5. The van der Waals surface area contributed by atoms with Gasteiger partial charge in [-0.15, -0.1) is 0 Å². The Labute approximate surface area is 197 Å². The van der Waals surface area contributed by atoms with Crippen LogP contribution in [0, 0.1) is 5.92 Å². The van der Waals surface area contributed by atoms with Crippen LogP contribution in [0.2, 0.25) is 10.0 Å². The van der Waals surface area contributed by atoms with Gasteiger partial charge in [-0.3, -0.25) is 9.59 Å². The van der Waals surface area contributed by atoms with E-state index in [0.29, 0.717) is 35.2 Å². The van der Waals surface area contributed by atoms with E-state index in [1.54, 1.807) is 31.2 Å². The number of nitrogens with zero attached hydrogens (tertiary/aromatic N) is 1. The molecule has 1 fully saturated rings. The monoisotopic (exact) mass is 498 g/mol. The van der Waals surface area contributed by atoms with Crippen LogP contribution in [0.1, 0.15) is 30.1 Å². The molecule has 0 aliphatic carbocycles. The summed E-state index contributed by atoms with van der Waals surface area (Å²) in [6.45, 7) is 2.38. The molecule has 32 heavy (non-hydrogen) atoms. The molecular formula is C22H24Cl2N2O5S. The second-order valence-corrected chi connectivity index (χ2v) is 10.1. The van der Waals surface area contributed by atoms with Gasteiger partial charge in [0, 0.05) is 18.7 Å². The Balaban J connectivity index is 1.68. The third-order valence-corrected chi connectivity index (χ3v) is 7.78. The summed E-state index contributed by atoms with van der Waals surface area (Å²) < 4.78 is 32.5. The molecule has 1 heterocycles. The number of carbonyl (C=O) groups excluding carboxylic acids is 2. The lowest BCUT2D eigenvalue weighted by Gasteiger charge is -2.30. The highest BCUT2D eigenvalue weighted by Crippen LogP contribution is 2.30. The van der Waals surface area contributed by atoms with Crippen molar-refractivity contribution in [1.29, 1.82) is 0 Å². The summed E-state index contributed by atoms with van der Waals surface area (Å²) in [6.07, 6.45) is 0.804. The number of anilines is 1. The number of hydrogen-bond acceptors (Lipinski definition) is 6. The third kappa shape index (κ3) is 5.61. The van der Waals surface area contributed by atoms with Crippen LogP contribution in [-0.2, 0) is 19.6 Å². The zero-order valence-corrected chi connectivity index (χ0v) is 19.8. The number of carbonyl (C=O) groups is 2. The molecule has 172 valence electrons. The molecule has 2 aromatic carbocycles. The van der Waals surface area contributed by atoms with E-state index in [9.17, 15) is 18.0 Å². The number of hydrogen-bond donors (Lipinski definition) is 1. The van der Waals surface area contributed by atoms with E-state index in [0.717, 1.165) is 0 Å². The molecule has 2 aromatic rings. The number of rotatable bonds is 8. The predicted molar refractivity (Wildman–Crippen MR) is 124 cm³/mol. The van der Waals surface area contributed by atoms with E-state index < -0.39 is 10.0 Å². The Kier molecular flexibility index (Phi) is 8.16. The summed E-state index contributed by atoms with van der Waals surface area (Å²) in [7, 11) is -3.79. The van der Waals surface area contributed by atoms with Gasteiger partial charge in [-0.1, -0.05) is 41.4 Å². The molecule has 0 bridgehead atoms. The van der Waals surface area contributed by atoms with Crippen molar-refractivity contribution in [2.75, 3.05) is 31.6 Å². The number of esters is 1. The minimum atomic E-state index is -3.79. The molecule has 0 amide bonds. The minimum absolute atomic E-state index is 0.0358. The average molecular weight is 499 g/mol. The number of ketones is 1. The van der Waals surface area contributed by atoms with Gasteiger partial charge in [0.2, 0.25) is 10.0 Å². The lowest BCUT2D eigenvalue weighted by atomic mass is 9.98. The van der Waals surface area contributed by atoms with Gasteiger partial charge in [0.25, 0.3) is 0 Å². The molecule has 0 spiro atoms. The number of sulfonamides is 1. The van der Waals surface area contributed by atoms with Crippen molar-refractivity contribution < 1.29 is 22.7 Å². The van der Waals surface area contributed by atoms with Crippen LogP contribution in [0.25, 0.3) is 0 Å². The fourth-order valence-corrected chi connectivity index (χ4v) is 5.56. The first-order chi connectivity index (χ1) is 15.2. The molecule has 3 rings (SSSR count). The second-order valence-electron chi connectivity index (χ2n) is 7.33. The van der Waals surface area contributed by atoms with E-state index in [2.05, 4.69) is 5.32 Å². The Morgan fingerprint density at radius 2 is 1.72 bits per heavy atom. The molecule has 1 saturated heterocycles. The van der Waals surface area contributed by atoms with Crippen molar-refractivity contribution in [2.24, 2.45) is 5.92 Å². The van der Waals surface area contributed by atoms with Crippen molar-refractivity contribution >= 4 is 50.7 Å². The van der Waals surface area contributed by atoms with Crippen molar-refractivity contribution in [3.63, 3.8) is 0 Å². The summed E-state index contributed by atoms with van der Waals surface area (Å²) in [5.74, 6) is -0.889. The van der Waals surface area contributed by atoms with Crippen molar-refractivity contribution in [1.82, 2.24) is 4.31 Å². The van der Waals surface area contributed by atoms with Crippen LogP contribution in [0.15, 0.2) is 47.4 Å². The molecule has 7 nitrogen and oxygen atoms in total. The van der Waals surface area contributed by atoms with Crippen LogP contribution in [-0.4, -0.2) is 50.7 Å². The minimum Gasteiger partial charge on any atom is -0.466 e. The second kappa shape index (κ2) is 10.7. The Bertz CT molecular complexity index is 1080. The largest absolute Gasteiger partial charge is 0.466 e. The first-order valence-electron chi connectivity index (χ1n) is 10.2. The van der Waals surface area contributed by atoms with E-state index >= 15 is 0 Å². The van der Waals surface area contributed by atoms with Gasteiger partial charge in [0.1, 0.15) is 0 Å². The fraction of sp³-hybridized carbons (Fsp3) is 0.364. The average Bonchev–Trinajstić information content (AvgIpc) is 2.79. The SMILES string of the molecule is CCOC(=O)C1CCN(S(=O)(=O)c2cccc(C(=O)CNc3c(Cl)cccc3Cl)c2)CC1. The maximum Gasteiger partial charge on any atom is 0.309 e. The Morgan fingerprint density at radius 1 is 1.09 bits per heavy atom. The lowest BCUT2D eigenvalue weighted by molar-refractivity contribution is -0.149. The van der Waals surface area contributed by atoms with Crippen LogP contribution in [0.3, 0.4) is 0 Å². The molecule has 0 saturated carbocycles. The summed E-state index contributed by atoms with van der Waals surface area (Å²) in [5.41, 5.74) is 0.695. The number of piperidine rings is 1. The van der Waals surface area contributed by atoms with Gasteiger partial charge in [-0.2, -0.15) is 4.31 Å². The number of halogens is 2. The lowest BCUT2D eigenvalue weighted by Crippen LogP contribution is -2.40. The number of benzene rings is 2. The topological polar surface area (TPSA) is 92.8 Å². The predicted octanol–water partition coefficient (Wildman–Crippen LogP) is 4.25. The Morgan fingerprint density at radius 3 is 2.34 bits per heavy atom. The molecule has 0 atom stereocenters. The van der Waals surface area contributed by atoms with Crippen molar-refractivity contribution in [3.05, 3.63) is 58.1 Å². The zero-order chi connectivity index (χ0) is 23.3. The van der Waals surface area contributed by atoms with Gasteiger partial charge >= 0.3 is 5.97 Å². The maximum absolute atomic E-state index is 13.1. The third-order valence-electron chi connectivity index (χ3n) is 5.26. The number of ether oxygens (including phenoxy) is 1. The first kappa shape index (κ1) is 24.5. The summed E-state index contributed by atoms with van der Waals surface area (Å²) in [4.78, 5) is 24.6. The molecule has 10 heteroatoms. The molecule has 1 aliphatic rings. The van der Waals surface area contributed by atoms with Gasteiger partial charge in [-0.25, -0.2) is 8.42 Å². The summed E-state index contributed by atoms with van der Waals surface area (Å²) >= 11 is 12.2. The van der Waals surface area contributed by atoms with Crippen molar-refractivity contribution in [3.8, 4) is 0 Å². The first-order valence-corrected chi connectivity index (χ1v) is 12.4. The van der Waals surface area contributed by atoms with Crippen LogP contribution >= 0.6 is 23.2 Å². The molecular weight excluding hydrogens is 475 g/mol. The van der Waals surface area contributed by atoms with E-state index in [4.69, 9.17) is 27.9 Å². The normalized spacial score (nSPS) is 15.3. The number of nitrogens with one attached hydrogen (secondary N) is 1. The standard InChI is InChI=1S/C22H24Cl2N2O5S/c1-2-31-22(28)15-9-11-26(12-10-15)32(29,30)17-6-3-5-16(13-17)20(27)14-25-21-18(23)7-4-8-19(21)24/h3-8,13,15,25H,2,9-12,14H2,1H3. The smallest absolute Gasteiger partial charge is 0.309 e. The van der Waals surface area contributed by atoms with E-state index in [1.807, 2.05) is 0 Å². The molecule has 0 radical (unpaired) electrons. The maximum atomic E-state index is 13.1. The molecule has 0 unspecified atom stereocenters. The van der Waals surface area contributed by atoms with Crippen LogP contribution in [0.5, 0.6) is 0 Å². The highest BCUT2D eigenvalue weighted by Gasteiger charge is 2.33. The van der Waals surface area contributed by atoms with Gasteiger partial charge in [0.15, 0.2) is 5.78 Å². The van der Waals surface area contributed by atoms with E-state index in [1.165, 1.54) is 22.5 Å². The fourth-order valence-electron chi connectivity index (χ4n) is 3.51. The van der Waals surface area contributed by atoms with Gasteiger partial charge < -0.3 is 10.1 Å². The molecule has 0 aromatic heterocycles. The highest BCUT2D eigenvalue weighted by molar-refractivity contribution is 7.89. The molecule has 1 aliphatic heterocycles. The van der Waals surface area contributed by atoms with E-state index in [-0.39, 0.29) is 47.8 Å². The van der Waals surface area contributed by atoms with Gasteiger partial charge in [-0.05, 0) is 44.0 Å². The van der Waals surface area contributed by atoms with Crippen LogP contribution < -0.4 is 5.32 Å². The van der Waals surface area contributed by atoms with Crippen molar-refractivity contribution in [2.45, 2.75) is 24.7 Å². The van der Waals surface area contributed by atoms with Gasteiger partial charge in [0.05, 0.1) is 39.7 Å². The summed E-state index contributed by atoms with van der Waals surface area (Å²) in [5, 5.41) is 3.67. The Hall–Kier alpha value is -2.13. The zero-order valence-electron chi connectivity index (χ0n) is 17.5. The van der Waals surface area contributed by atoms with Crippen LogP contribution in [0.4, 0.5) is 5.69 Å². The number of para-hydroxylation sites is 1. The number of Topliss-reactive ketones (excluding diaryl/α,β-unsaturated/α-hetero) is 1. The quantitative estimate of drug-likeness (QED) is 0.431. The summed E-state index contributed by atoms with van der Waals surface area (Å²) in [6, 6.07) is 10.9.